The first-order chi connectivity index (χ1) is 11.7. The molecule has 0 aliphatic carbocycles. The maximum absolute atomic E-state index is 12.2. The fraction of sp³-hybridized carbons (Fsp3) is 0.533. The normalized spacial score (nSPS) is 17.5. The molecule has 0 unspecified atom stereocenters. The topological polar surface area (TPSA) is 95.9 Å². The number of piperidine rings is 1. The Morgan fingerprint density at radius 2 is 2.21 bits per heavy atom. The molecule has 2 aromatic heterocycles. The molecule has 1 atom stereocenters. The van der Waals surface area contributed by atoms with E-state index in [4.69, 9.17) is 0 Å². The Balaban J connectivity index is 1.52. The van der Waals surface area contributed by atoms with Crippen molar-refractivity contribution >= 4 is 28.4 Å². The Labute approximate surface area is 144 Å². The Morgan fingerprint density at radius 3 is 3.00 bits per heavy atom. The number of anilines is 2. The van der Waals surface area contributed by atoms with E-state index >= 15 is 0 Å². The quantitative estimate of drug-likeness (QED) is 0.859. The highest BCUT2D eigenvalue weighted by Gasteiger charge is 2.23. The van der Waals surface area contributed by atoms with E-state index in [1.807, 2.05) is 0 Å². The Bertz CT molecular complexity index is 663. The van der Waals surface area contributed by atoms with Crippen LogP contribution in [0, 0.1) is 0 Å². The zero-order valence-electron chi connectivity index (χ0n) is 13.6. The van der Waals surface area contributed by atoms with Gasteiger partial charge in [0.05, 0.1) is 0 Å². The third kappa shape index (κ3) is 4.38. The molecule has 0 saturated carbocycles. The number of hydrogen-bond acceptors (Lipinski definition) is 7. The van der Waals surface area contributed by atoms with Crippen LogP contribution in [0.15, 0.2) is 18.5 Å². The predicted octanol–water partition coefficient (Wildman–Crippen LogP) is 2.07. The standard InChI is InChI=1S/C15H21N7OS/c1-2-5-12-20-21-15(24-12)19-14(23)18-11-6-3-9-22(10-11)13-16-7-4-8-17-13/h4,7-8,11H,2-3,5-6,9-10H2,1H3,(H2,18,19,21,23)/t11-/m0/s1. The van der Waals surface area contributed by atoms with Crippen molar-refractivity contribution in [3.63, 3.8) is 0 Å². The minimum Gasteiger partial charge on any atom is -0.339 e. The summed E-state index contributed by atoms with van der Waals surface area (Å²) in [4.78, 5) is 22.8. The van der Waals surface area contributed by atoms with Gasteiger partial charge < -0.3 is 10.2 Å². The van der Waals surface area contributed by atoms with Gasteiger partial charge in [-0.15, -0.1) is 10.2 Å². The Kier molecular flexibility index (Phi) is 5.52. The minimum absolute atomic E-state index is 0.0607. The van der Waals surface area contributed by atoms with Crippen molar-refractivity contribution in [2.45, 2.75) is 38.6 Å². The molecule has 1 aliphatic rings. The summed E-state index contributed by atoms with van der Waals surface area (Å²) in [6, 6.07) is 1.62. The minimum atomic E-state index is -0.241. The number of carbonyl (C=O) groups excluding carboxylic acids is 1. The lowest BCUT2D eigenvalue weighted by Crippen LogP contribution is -2.49. The molecule has 0 bridgehead atoms. The van der Waals surface area contributed by atoms with Gasteiger partial charge in [0.25, 0.3) is 0 Å². The van der Waals surface area contributed by atoms with Crippen LogP contribution in [0.1, 0.15) is 31.2 Å². The van der Waals surface area contributed by atoms with E-state index in [0.29, 0.717) is 17.6 Å². The van der Waals surface area contributed by atoms with E-state index in [-0.39, 0.29) is 12.1 Å². The first-order valence-electron chi connectivity index (χ1n) is 8.16. The van der Waals surface area contributed by atoms with Gasteiger partial charge in [0, 0.05) is 37.9 Å². The molecule has 3 rings (SSSR count). The van der Waals surface area contributed by atoms with Gasteiger partial charge in [-0.3, -0.25) is 5.32 Å². The lowest BCUT2D eigenvalue weighted by Gasteiger charge is -2.32. The van der Waals surface area contributed by atoms with Crippen molar-refractivity contribution < 1.29 is 4.79 Å². The van der Waals surface area contributed by atoms with Gasteiger partial charge in [0.1, 0.15) is 5.01 Å². The monoisotopic (exact) mass is 347 g/mol. The molecule has 9 heteroatoms. The molecule has 128 valence electrons. The molecule has 0 spiro atoms. The molecular weight excluding hydrogens is 326 g/mol. The van der Waals surface area contributed by atoms with E-state index in [9.17, 15) is 4.79 Å². The van der Waals surface area contributed by atoms with Crippen LogP contribution in [-0.4, -0.2) is 45.3 Å². The largest absolute Gasteiger partial charge is 0.339 e. The maximum atomic E-state index is 12.2. The smallest absolute Gasteiger partial charge is 0.321 e. The van der Waals surface area contributed by atoms with Gasteiger partial charge in [-0.25, -0.2) is 14.8 Å². The first-order valence-corrected chi connectivity index (χ1v) is 8.98. The van der Waals surface area contributed by atoms with E-state index < -0.39 is 0 Å². The van der Waals surface area contributed by atoms with Crippen LogP contribution in [0.25, 0.3) is 0 Å². The molecule has 1 aliphatic heterocycles. The highest BCUT2D eigenvalue weighted by Crippen LogP contribution is 2.17. The van der Waals surface area contributed by atoms with E-state index in [0.717, 1.165) is 37.2 Å². The van der Waals surface area contributed by atoms with E-state index in [1.54, 1.807) is 18.5 Å². The first kappa shape index (κ1) is 16.6. The average molecular weight is 347 g/mol. The second-order valence-corrected chi connectivity index (χ2v) is 6.75. The van der Waals surface area contributed by atoms with Crippen LogP contribution in [-0.2, 0) is 6.42 Å². The Hall–Kier alpha value is -2.29. The average Bonchev–Trinajstić information content (AvgIpc) is 3.03. The van der Waals surface area contributed by atoms with Gasteiger partial charge in [-0.2, -0.15) is 0 Å². The van der Waals surface area contributed by atoms with Crippen molar-refractivity contribution in [1.29, 1.82) is 0 Å². The molecule has 8 nitrogen and oxygen atoms in total. The number of hydrogen-bond donors (Lipinski definition) is 2. The second kappa shape index (κ2) is 8.00. The van der Waals surface area contributed by atoms with Gasteiger partial charge in [0.15, 0.2) is 0 Å². The number of carbonyl (C=O) groups is 1. The highest BCUT2D eigenvalue weighted by atomic mass is 32.1. The molecule has 3 heterocycles. The highest BCUT2D eigenvalue weighted by molar-refractivity contribution is 7.15. The fourth-order valence-corrected chi connectivity index (χ4v) is 3.51. The SMILES string of the molecule is CCCc1nnc(NC(=O)N[C@H]2CCCN(c3ncccn3)C2)s1. The molecule has 1 fully saturated rings. The van der Waals surface area contributed by atoms with Crippen LogP contribution in [0.4, 0.5) is 15.9 Å². The van der Waals surface area contributed by atoms with Crippen molar-refractivity contribution in [1.82, 2.24) is 25.5 Å². The maximum Gasteiger partial charge on any atom is 0.321 e. The lowest BCUT2D eigenvalue weighted by atomic mass is 10.1. The fourth-order valence-electron chi connectivity index (χ4n) is 2.67. The molecular formula is C15H21N7OS. The molecule has 2 N–H and O–H groups in total. The summed E-state index contributed by atoms with van der Waals surface area (Å²) in [5.74, 6) is 0.706. The van der Waals surface area contributed by atoms with Crippen LogP contribution in [0.2, 0.25) is 0 Å². The number of nitrogens with one attached hydrogen (secondary N) is 2. The third-order valence-electron chi connectivity index (χ3n) is 3.74. The van der Waals surface area contributed by atoms with Gasteiger partial charge in [-0.1, -0.05) is 18.3 Å². The lowest BCUT2D eigenvalue weighted by molar-refractivity contribution is 0.246. The summed E-state index contributed by atoms with van der Waals surface area (Å²) in [5, 5.41) is 15.3. The number of amides is 2. The number of aromatic nitrogens is 4. The zero-order valence-corrected chi connectivity index (χ0v) is 14.4. The number of urea groups is 1. The number of nitrogens with zero attached hydrogens (tertiary/aromatic N) is 5. The summed E-state index contributed by atoms with van der Waals surface area (Å²) in [6.45, 7) is 3.70. The molecule has 1 saturated heterocycles. The van der Waals surface area contributed by atoms with Crippen LogP contribution < -0.4 is 15.5 Å². The van der Waals surface area contributed by atoms with E-state index in [1.165, 1.54) is 11.3 Å². The number of aryl methyl sites for hydroxylation is 1. The van der Waals surface area contributed by atoms with Crippen LogP contribution >= 0.6 is 11.3 Å². The second-order valence-electron chi connectivity index (χ2n) is 5.68. The third-order valence-corrected chi connectivity index (χ3v) is 4.64. The molecule has 0 aromatic carbocycles. The van der Waals surface area contributed by atoms with Crippen molar-refractivity contribution in [2.24, 2.45) is 0 Å². The van der Waals surface area contributed by atoms with Crippen LogP contribution in [0.5, 0.6) is 0 Å². The summed E-state index contributed by atoms with van der Waals surface area (Å²) in [7, 11) is 0. The summed E-state index contributed by atoms with van der Waals surface area (Å²) < 4.78 is 0. The molecule has 2 amide bonds. The summed E-state index contributed by atoms with van der Waals surface area (Å²) >= 11 is 1.42. The predicted molar refractivity (Wildman–Crippen MR) is 93.3 cm³/mol. The van der Waals surface area contributed by atoms with Gasteiger partial charge in [-0.05, 0) is 25.3 Å². The van der Waals surface area contributed by atoms with Gasteiger partial charge >= 0.3 is 6.03 Å². The Morgan fingerprint density at radius 1 is 1.38 bits per heavy atom. The summed E-state index contributed by atoms with van der Waals surface area (Å²) in [6.07, 6.45) is 7.29. The summed E-state index contributed by atoms with van der Waals surface area (Å²) in [5.41, 5.74) is 0. The number of rotatable bonds is 5. The van der Waals surface area contributed by atoms with Gasteiger partial charge in [0.2, 0.25) is 11.1 Å². The van der Waals surface area contributed by atoms with E-state index in [2.05, 4.69) is 42.6 Å². The molecule has 0 radical (unpaired) electrons. The molecule has 2 aromatic rings. The zero-order chi connectivity index (χ0) is 16.8. The van der Waals surface area contributed by atoms with Crippen molar-refractivity contribution in [3.8, 4) is 0 Å². The van der Waals surface area contributed by atoms with Crippen molar-refractivity contribution in [3.05, 3.63) is 23.5 Å². The molecule has 24 heavy (non-hydrogen) atoms. The van der Waals surface area contributed by atoms with Crippen LogP contribution in [0.3, 0.4) is 0 Å². The van der Waals surface area contributed by atoms with Crippen molar-refractivity contribution in [2.75, 3.05) is 23.3 Å².